The third-order valence-electron chi connectivity index (χ3n) is 2.81. The molecule has 0 aliphatic rings. The van der Waals surface area contributed by atoms with Crippen LogP contribution in [0, 0.1) is 5.82 Å². The Morgan fingerprint density at radius 1 is 1.50 bits per heavy atom. The number of para-hydroxylation sites is 1. The number of phenolic OH excluding ortho intramolecular Hbond substituents is 1. The van der Waals surface area contributed by atoms with E-state index in [0.717, 1.165) is 17.5 Å². The van der Waals surface area contributed by atoms with E-state index in [2.05, 4.69) is 17.2 Å². The molecule has 1 aromatic carbocycles. The molecular weight excluding hydrogens is 279 g/mol. The fourth-order valence-electron chi connectivity index (χ4n) is 1.70. The molecule has 0 fully saturated rings. The number of hydrogen-bond acceptors (Lipinski definition) is 4. The molecule has 2 rings (SSSR count). The maximum absolute atomic E-state index is 13.1. The number of benzene rings is 1. The molecule has 0 atom stereocenters. The molecular formula is C14H15FN2O2S. The van der Waals surface area contributed by atoms with E-state index >= 15 is 0 Å². The first-order valence-electron chi connectivity index (χ1n) is 6.31. The van der Waals surface area contributed by atoms with Crippen molar-refractivity contribution in [1.82, 2.24) is 10.3 Å². The van der Waals surface area contributed by atoms with Crippen molar-refractivity contribution in [2.45, 2.75) is 19.8 Å². The van der Waals surface area contributed by atoms with Crippen LogP contribution in [-0.2, 0) is 12.8 Å². The lowest BCUT2D eigenvalue weighted by Crippen LogP contribution is -2.25. The van der Waals surface area contributed by atoms with E-state index in [4.69, 9.17) is 0 Å². The largest absolute Gasteiger partial charge is 0.504 e. The maximum atomic E-state index is 13.1. The lowest BCUT2D eigenvalue weighted by molar-refractivity contribution is 0.0950. The molecule has 2 aromatic rings. The maximum Gasteiger partial charge on any atom is 0.255 e. The van der Waals surface area contributed by atoms with Gasteiger partial charge in [-0.15, -0.1) is 11.3 Å². The zero-order valence-electron chi connectivity index (χ0n) is 11.0. The second-order valence-corrected chi connectivity index (χ2v) is 5.42. The molecule has 4 nitrogen and oxygen atoms in total. The SMILES string of the molecule is CCc1cnc(CCNC(=O)c2cccc(F)c2O)s1. The Morgan fingerprint density at radius 3 is 3.00 bits per heavy atom. The molecule has 1 heterocycles. The summed E-state index contributed by atoms with van der Waals surface area (Å²) < 4.78 is 13.1. The molecule has 106 valence electrons. The van der Waals surface area contributed by atoms with Crippen LogP contribution in [0.5, 0.6) is 5.75 Å². The van der Waals surface area contributed by atoms with Crippen LogP contribution in [0.3, 0.4) is 0 Å². The van der Waals surface area contributed by atoms with Crippen molar-refractivity contribution in [3.63, 3.8) is 0 Å². The number of amides is 1. The Balaban J connectivity index is 1.90. The van der Waals surface area contributed by atoms with Crippen molar-refractivity contribution in [2.75, 3.05) is 6.54 Å². The fourth-order valence-corrected chi connectivity index (χ4v) is 2.57. The number of thiazole rings is 1. The first-order valence-corrected chi connectivity index (χ1v) is 7.12. The predicted octanol–water partition coefficient (Wildman–Crippen LogP) is 2.52. The van der Waals surface area contributed by atoms with Gasteiger partial charge in [-0.1, -0.05) is 13.0 Å². The van der Waals surface area contributed by atoms with Crippen LogP contribution in [0.15, 0.2) is 24.4 Å². The molecule has 0 radical (unpaired) electrons. The second-order valence-electron chi connectivity index (χ2n) is 4.22. The summed E-state index contributed by atoms with van der Waals surface area (Å²) >= 11 is 1.61. The van der Waals surface area contributed by atoms with Crippen LogP contribution < -0.4 is 5.32 Å². The average Bonchev–Trinajstić information content (AvgIpc) is 2.89. The molecule has 0 spiro atoms. The van der Waals surface area contributed by atoms with Gasteiger partial charge in [0.15, 0.2) is 11.6 Å². The highest BCUT2D eigenvalue weighted by molar-refractivity contribution is 7.11. The summed E-state index contributed by atoms with van der Waals surface area (Å²) in [5.74, 6) is -1.91. The Hall–Kier alpha value is -1.95. The fraction of sp³-hybridized carbons (Fsp3) is 0.286. The first-order chi connectivity index (χ1) is 9.61. The summed E-state index contributed by atoms with van der Waals surface area (Å²) in [6.07, 6.45) is 3.40. The molecule has 20 heavy (non-hydrogen) atoms. The van der Waals surface area contributed by atoms with Gasteiger partial charge < -0.3 is 10.4 Å². The average molecular weight is 294 g/mol. The standard InChI is InChI=1S/C14H15FN2O2S/c1-2-9-8-17-12(20-9)6-7-16-14(19)10-4-3-5-11(15)13(10)18/h3-5,8,18H,2,6-7H2,1H3,(H,16,19). The molecule has 0 aliphatic carbocycles. The molecule has 1 aromatic heterocycles. The van der Waals surface area contributed by atoms with Crippen molar-refractivity contribution in [3.8, 4) is 5.75 Å². The quantitative estimate of drug-likeness (QED) is 0.890. The Kier molecular flexibility index (Phi) is 4.68. The number of aromatic nitrogens is 1. The highest BCUT2D eigenvalue weighted by Crippen LogP contribution is 2.20. The number of carbonyl (C=O) groups is 1. The summed E-state index contributed by atoms with van der Waals surface area (Å²) in [6.45, 7) is 2.46. The van der Waals surface area contributed by atoms with E-state index < -0.39 is 17.5 Å². The van der Waals surface area contributed by atoms with Crippen molar-refractivity contribution < 1.29 is 14.3 Å². The predicted molar refractivity (Wildman–Crippen MR) is 75.6 cm³/mol. The summed E-state index contributed by atoms with van der Waals surface area (Å²) in [4.78, 5) is 17.3. The third kappa shape index (κ3) is 3.33. The van der Waals surface area contributed by atoms with Crippen LogP contribution in [0.2, 0.25) is 0 Å². The number of phenols is 1. The smallest absolute Gasteiger partial charge is 0.255 e. The van der Waals surface area contributed by atoms with Gasteiger partial charge in [0.05, 0.1) is 10.6 Å². The molecule has 0 aliphatic heterocycles. The lowest BCUT2D eigenvalue weighted by Gasteiger charge is -2.06. The first kappa shape index (κ1) is 14.5. The summed E-state index contributed by atoms with van der Waals surface area (Å²) in [7, 11) is 0. The van der Waals surface area contributed by atoms with Gasteiger partial charge in [0.1, 0.15) is 0 Å². The minimum absolute atomic E-state index is 0.0571. The number of aryl methyl sites for hydroxylation is 1. The number of hydrogen-bond donors (Lipinski definition) is 2. The van der Waals surface area contributed by atoms with Gasteiger partial charge >= 0.3 is 0 Å². The third-order valence-corrected chi connectivity index (χ3v) is 4.01. The minimum Gasteiger partial charge on any atom is -0.504 e. The number of carbonyl (C=O) groups excluding carboxylic acids is 1. The molecule has 0 unspecified atom stereocenters. The van der Waals surface area contributed by atoms with Crippen LogP contribution in [-0.4, -0.2) is 22.5 Å². The number of aromatic hydroxyl groups is 1. The molecule has 0 bridgehead atoms. The highest BCUT2D eigenvalue weighted by atomic mass is 32.1. The van der Waals surface area contributed by atoms with Crippen molar-refractivity contribution in [1.29, 1.82) is 0 Å². The van der Waals surface area contributed by atoms with E-state index in [1.54, 1.807) is 11.3 Å². The zero-order valence-corrected chi connectivity index (χ0v) is 11.8. The normalized spacial score (nSPS) is 10.5. The molecule has 2 N–H and O–H groups in total. The van der Waals surface area contributed by atoms with E-state index in [9.17, 15) is 14.3 Å². The summed E-state index contributed by atoms with van der Waals surface area (Å²) in [5.41, 5.74) is -0.0571. The van der Waals surface area contributed by atoms with Gasteiger partial charge in [-0.25, -0.2) is 9.37 Å². The number of nitrogens with one attached hydrogen (secondary N) is 1. The van der Waals surface area contributed by atoms with Crippen LogP contribution >= 0.6 is 11.3 Å². The van der Waals surface area contributed by atoms with Gasteiger partial charge in [0.25, 0.3) is 5.91 Å². The zero-order chi connectivity index (χ0) is 14.5. The summed E-state index contributed by atoms with van der Waals surface area (Å²) in [6, 6.07) is 3.87. The Morgan fingerprint density at radius 2 is 2.30 bits per heavy atom. The molecule has 0 saturated heterocycles. The molecule has 1 amide bonds. The van der Waals surface area contributed by atoms with Crippen LogP contribution in [0.1, 0.15) is 27.2 Å². The van der Waals surface area contributed by atoms with Gasteiger partial charge in [0, 0.05) is 24.0 Å². The Labute approximate surface area is 120 Å². The number of nitrogens with zero attached hydrogens (tertiary/aromatic N) is 1. The van der Waals surface area contributed by atoms with Crippen molar-refractivity contribution in [2.24, 2.45) is 0 Å². The highest BCUT2D eigenvalue weighted by Gasteiger charge is 2.13. The number of halogens is 1. The monoisotopic (exact) mass is 294 g/mol. The van der Waals surface area contributed by atoms with E-state index in [-0.39, 0.29) is 5.56 Å². The van der Waals surface area contributed by atoms with Gasteiger partial charge in [-0.3, -0.25) is 4.79 Å². The summed E-state index contributed by atoms with van der Waals surface area (Å²) in [5, 5.41) is 13.1. The van der Waals surface area contributed by atoms with Crippen molar-refractivity contribution >= 4 is 17.2 Å². The molecule has 6 heteroatoms. The van der Waals surface area contributed by atoms with Gasteiger partial charge in [-0.2, -0.15) is 0 Å². The second kappa shape index (κ2) is 6.47. The molecule has 0 saturated carbocycles. The van der Waals surface area contributed by atoms with E-state index in [0.29, 0.717) is 13.0 Å². The minimum atomic E-state index is -0.801. The van der Waals surface area contributed by atoms with Crippen LogP contribution in [0.4, 0.5) is 4.39 Å². The topological polar surface area (TPSA) is 62.2 Å². The van der Waals surface area contributed by atoms with E-state index in [1.165, 1.54) is 17.0 Å². The van der Waals surface area contributed by atoms with Crippen molar-refractivity contribution in [3.05, 3.63) is 45.7 Å². The van der Waals surface area contributed by atoms with E-state index in [1.807, 2.05) is 6.20 Å². The Bertz CT molecular complexity index is 613. The lowest BCUT2D eigenvalue weighted by atomic mass is 10.2. The van der Waals surface area contributed by atoms with Gasteiger partial charge in [-0.05, 0) is 18.6 Å². The number of rotatable bonds is 5. The van der Waals surface area contributed by atoms with Gasteiger partial charge in [0.2, 0.25) is 0 Å². The van der Waals surface area contributed by atoms with Crippen LogP contribution in [0.25, 0.3) is 0 Å².